The van der Waals surface area contributed by atoms with Gasteiger partial charge in [0.15, 0.2) is 5.13 Å². The Bertz CT molecular complexity index is 1370. The number of carbonyl (C=O) groups is 2. The van der Waals surface area contributed by atoms with E-state index in [9.17, 15) is 18.4 Å². The molecule has 0 radical (unpaired) electrons. The number of nitrogens with one attached hydrogen (secondary N) is 1. The van der Waals surface area contributed by atoms with Gasteiger partial charge in [-0.15, -0.1) is 0 Å². The lowest BCUT2D eigenvalue weighted by atomic mass is 9.86. The number of pyridine rings is 2. The van der Waals surface area contributed by atoms with Gasteiger partial charge in [-0.05, 0) is 44.7 Å². The second kappa shape index (κ2) is 11.5. The average Bonchev–Trinajstić information content (AvgIpc) is 3.47. The van der Waals surface area contributed by atoms with Crippen molar-refractivity contribution in [2.45, 2.75) is 58.4 Å². The zero-order valence-electron chi connectivity index (χ0n) is 21.2. The first kappa shape index (κ1) is 27.4. The molecule has 4 heterocycles. The van der Waals surface area contributed by atoms with Crippen LogP contribution in [0.3, 0.4) is 0 Å². The van der Waals surface area contributed by atoms with Gasteiger partial charge in [0, 0.05) is 28.9 Å². The summed E-state index contributed by atoms with van der Waals surface area (Å²) in [6.07, 6.45) is 4.43. The van der Waals surface area contributed by atoms with Crippen LogP contribution in [0.4, 0.5) is 13.9 Å². The Kier molecular flexibility index (Phi) is 8.06. The maximum absolute atomic E-state index is 13.3. The Labute approximate surface area is 232 Å². The van der Waals surface area contributed by atoms with E-state index in [4.69, 9.17) is 16.3 Å². The van der Waals surface area contributed by atoms with Crippen LogP contribution < -0.4 is 10.1 Å². The maximum Gasteiger partial charge on any atom is 0.345 e. The van der Waals surface area contributed by atoms with Crippen molar-refractivity contribution in [3.8, 4) is 16.9 Å². The van der Waals surface area contributed by atoms with Crippen LogP contribution in [0, 0.1) is 12.8 Å². The Morgan fingerprint density at radius 2 is 1.90 bits per heavy atom. The first-order valence-electron chi connectivity index (χ1n) is 12.4. The molecule has 1 aliphatic heterocycles. The van der Waals surface area contributed by atoms with Crippen LogP contribution >= 0.6 is 22.9 Å². The predicted molar refractivity (Wildman–Crippen MR) is 141 cm³/mol. The van der Waals surface area contributed by atoms with E-state index in [1.165, 1.54) is 30.8 Å². The van der Waals surface area contributed by atoms with Gasteiger partial charge in [-0.2, -0.15) is 8.78 Å². The molecule has 2 amide bonds. The zero-order chi connectivity index (χ0) is 27.7. The summed E-state index contributed by atoms with van der Waals surface area (Å²) >= 11 is 7.44. The number of aryl methyl sites for hydroxylation is 1. The fraction of sp³-hybridized carbons (Fsp3) is 0.423. The summed E-state index contributed by atoms with van der Waals surface area (Å²) in [7, 11) is 1.51. The minimum absolute atomic E-state index is 0.00149. The number of rotatable bonds is 7. The first-order valence-corrected chi connectivity index (χ1v) is 13.6. The highest BCUT2D eigenvalue weighted by atomic mass is 35.5. The molecule has 2 aliphatic rings. The van der Waals surface area contributed by atoms with Crippen LogP contribution in [0.1, 0.15) is 52.3 Å². The molecule has 206 valence electrons. The van der Waals surface area contributed by atoms with Crippen molar-refractivity contribution in [1.29, 1.82) is 0 Å². The lowest BCUT2D eigenvalue weighted by molar-refractivity contribution is -0.173. The second-order valence-corrected chi connectivity index (χ2v) is 11.0. The van der Waals surface area contributed by atoms with Crippen molar-refractivity contribution < 1.29 is 27.8 Å². The van der Waals surface area contributed by atoms with Crippen LogP contribution in [-0.2, 0) is 22.6 Å². The van der Waals surface area contributed by atoms with Gasteiger partial charge in [-0.25, -0.2) is 9.97 Å². The highest BCUT2D eigenvalue weighted by Gasteiger charge is 2.35. The van der Waals surface area contributed by atoms with Crippen LogP contribution in [0.15, 0.2) is 24.5 Å². The van der Waals surface area contributed by atoms with Crippen molar-refractivity contribution in [3.63, 3.8) is 0 Å². The molecule has 1 N–H and O–H groups in total. The SMILES string of the molecule is COc1cnc(Cl)cc1-c1cc(C)ncc1C(=O)Nc1nc2c(s1)CN(C(=O)C1CCC(OC(F)F)CC1)C2. The number of halogens is 3. The summed E-state index contributed by atoms with van der Waals surface area (Å²) in [6.45, 7) is -0.220. The third-order valence-corrected chi connectivity index (χ3v) is 8.14. The van der Waals surface area contributed by atoms with Crippen molar-refractivity contribution in [3.05, 3.63) is 51.5 Å². The molecule has 39 heavy (non-hydrogen) atoms. The molecule has 3 aromatic heterocycles. The van der Waals surface area contributed by atoms with Crippen molar-refractivity contribution in [1.82, 2.24) is 19.9 Å². The molecule has 1 saturated carbocycles. The smallest absolute Gasteiger partial charge is 0.345 e. The number of nitrogens with zero attached hydrogens (tertiary/aromatic N) is 4. The Morgan fingerprint density at radius 1 is 1.13 bits per heavy atom. The summed E-state index contributed by atoms with van der Waals surface area (Å²) in [6, 6.07) is 3.41. The van der Waals surface area contributed by atoms with Gasteiger partial charge in [0.25, 0.3) is 5.91 Å². The predicted octanol–water partition coefficient (Wildman–Crippen LogP) is 5.46. The number of alkyl halides is 2. The van der Waals surface area contributed by atoms with E-state index in [-0.39, 0.29) is 17.0 Å². The first-order chi connectivity index (χ1) is 18.7. The number of thiazole rings is 1. The lowest BCUT2D eigenvalue weighted by Crippen LogP contribution is -2.36. The summed E-state index contributed by atoms with van der Waals surface area (Å²) in [4.78, 5) is 41.9. The van der Waals surface area contributed by atoms with Gasteiger partial charge in [0.2, 0.25) is 5.91 Å². The molecule has 0 aromatic carbocycles. The Balaban J connectivity index is 1.25. The van der Waals surface area contributed by atoms with Gasteiger partial charge >= 0.3 is 6.61 Å². The fourth-order valence-electron chi connectivity index (χ4n) is 5.02. The summed E-state index contributed by atoms with van der Waals surface area (Å²) in [5.41, 5.74) is 2.97. The van der Waals surface area contributed by atoms with Gasteiger partial charge in [-0.1, -0.05) is 22.9 Å². The molecular formula is C26H26ClF2N5O4S. The highest BCUT2D eigenvalue weighted by molar-refractivity contribution is 7.16. The van der Waals surface area contributed by atoms with Crippen LogP contribution in [0.25, 0.3) is 11.1 Å². The molecule has 13 heteroatoms. The minimum atomic E-state index is -2.79. The van der Waals surface area contributed by atoms with Crippen molar-refractivity contribution in [2.24, 2.45) is 5.92 Å². The standard InChI is InChI=1S/C26H26ClF2N5O4S/c1-13-7-16(17-8-22(27)31-10-20(17)37-2)18(9-30-13)23(35)33-26-32-19-11-34(12-21(19)39-26)24(36)14-3-5-15(6-4-14)38-25(28)29/h7-10,14-15,25H,3-6,11-12H2,1-2H3,(H,32,33,35). The number of methoxy groups -OCH3 is 1. The third-order valence-electron chi connectivity index (χ3n) is 6.93. The number of anilines is 1. The number of fused-ring (bicyclic) bond motifs is 1. The van der Waals surface area contributed by atoms with E-state index >= 15 is 0 Å². The molecule has 0 atom stereocenters. The molecule has 0 spiro atoms. The Morgan fingerprint density at radius 3 is 2.59 bits per heavy atom. The molecule has 0 unspecified atom stereocenters. The zero-order valence-corrected chi connectivity index (χ0v) is 22.8. The maximum atomic E-state index is 13.3. The van der Waals surface area contributed by atoms with E-state index in [0.717, 1.165) is 10.6 Å². The molecule has 0 bridgehead atoms. The van der Waals surface area contributed by atoms with E-state index in [1.54, 1.807) is 17.0 Å². The third kappa shape index (κ3) is 6.02. The number of amides is 2. The van der Waals surface area contributed by atoms with E-state index < -0.39 is 18.6 Å². The molecule has 5 rings (SSSR count). The van der Waals surface area contributed by atoms with E-state index in [1.807, 2.05) is 6.92 Å². The normalized spacial score (nSPS) is 18.8. The minimum Gasteiger partial charge on any atom is -0.494 e. The van der Waals surface area contributed by atoms with Crippen molar-refractivity contribution in [2.75, 3.05) is 12.4 Å². The largest absolute Gasteiger partial charge is 0.494 e. The monoisotopic (exact) mass is 577 g/mol. The number of aromatic nitrogens is 3. The van der Waals surface area contributed by atoms with Gasteiger partial charge in [0.1, 0.15) is 10.9 Å². The summed E-state index contributed by atoms with van der Waals surface area (Å²) < 4.78 is 34.9. The summed E-state index contributed by atoms with van der Waals surface area (Å²) in [5, 5.41) is 3.54. The van der Waals surface area contributed by atoms with E-state index in [2.05, 4.69) is 25.0 Å². The average molecular weight is 578 g/mol. The second-order valence-electron chi connectivity index (χ2n) is 9.49. The highest BCUT2D eigenvalue weighted by Crippen LogP contribution is 2.37. The molecule has 1 aliphatic carbocycles. The molecular weight excluding hydrogens is 552 g/mol. The molecule has 0 saturated heterocycles. The number of carbonyl (C=O) groups excluding carboxylic acids is 2. The van der Waals surface area contributed by atoms with Gasteiger partial charge < -0.3 is 14.4 Å². The van der Waals surface area contributed by atoms with Crippen LogP contribution in [-0.4, -0.2) is 51.5 Å². The quantitative estimate of drug-likeness (QED) is 0.371. The van der Waals surface area contributed by atoms with Crippen LogP contribution in [0.5, 0.6) is 5.75 Å². The molecule has 3 aromatic rings. The Hall–Kier alpha value is -3.22. The number of hydrogen-bond donors (Lipinski definition) is 1. The summed E-state index contributed by atoms with van der Waals surface area (Å²) in [5.74, 6) is -0.133. The van der Waals surface area contributed by atoms with E-state index in [0.29, 0.717) is 72.0 Å². The lowest BCUT2D eigenvalue weighted by Gasteiger charge is -2.30. The molecule has 1 fully saturated rings. The topological polar surface area (TPSA) is 107 Å². The van der Waals surface area contributed by atoms with Gasteiger partial charge in [-0.3, -0.25) is 19.9 Å². The van der Waals surface area contributed by atoms with Crippen molar-refractivity contribution >= 4 is 39.9 Å². The number of ether oxygens (including phenoxy) is 2. The fourth-order valence-corrected chi connectivity index (χ4v) is 6.16. The molecule has 9 nitrogen and oxygen atoms in total. The van der Waals surface area contributed by atoms with Crippen LogP contribution in [0.2, 0.25) is 5.15 Å². The number of hydrogen-bond acceptors (Lipinski definition) is 8. The van der Waals surface area contributed by atoms with Gasteiger partial charge in [0.05, 0.1) is 48.6 Å².